The molecule has 0 N–H and O–H groups in total. The van der Waals surface area contributed by atoms with Gasteiger partial charge in [0, 0.05) is 10.8 Å². The average Bonchev–Trinajstić information content (AvgIpc) is 3.68. The van der Waals surface area contributed by atoms with Crippen molar-refractivity contribution in [2.24, 2.45) is 0 Å². The Morgan fingerprint density at radius 1 is 0.390 bits per heavy atom. The van der Waals surface area contributed by atoms with E-state index in [-0.39, 0.29) is 5.39 Å². The van der Waals surface area contributed by atoms with E-state index in [1.54, 1.807) is 0 Å². The minimum atomic E-state index is -0.946. The molecule has 0 radical (unpaired) electrons. The molecule has 0 amide bonds. The van der Waals surface area contributed by atoms with Crippen LogP contribution in [0.3, 0.4) is 0 Å². The maximum Gasteiger partial charge on any atom is 0.136 e. The summed E-state index contributed by atoms with van der Waals surface area (Å²) in [4.78, 5) is 0. The van der Waals surface area contributed by atoms with Crippen molar-refractivity contribution in [3.63, 3.8) is 0 Å². The molecule has 0 aliphatic rings. The molecule has 0 atom stereocenters. The predicted octanol–water partition coefficient (Wildman–Crippen LogP) is 11.5. The van der Waals surface area contributed by atoms with Crippen molar-refractivity contribution in [1.82, 2.24) is 0 Å². The Balaban J connectivity index is 1.67. The Hall–Kier alpha value is -5.40. The molecule has 9 rings (SSSR count). The Morgan fingerprint density at radius 2 is 0.927 bits per heavy atom. The molecule has 0 saturated carbocycles. The summed E-state index contributed by atoms with van der Waals surface area (Å²) < 4.78 is 220. The summed E-state index contributed by atoms with van der Waals surface area (Å²) in [6, 6.07) is -20.6. The Labute approximate surface area is 270 Å². The molecule has 0 saturated heterocycles. The molecule has 41 heavy (non-hydrogen) atoms. The third-order valence-electron chi connectivity index (χ3n) is 6.89. The molecule has 0 aliphatic carbocycles. The lowest BCUT2D eigenvalue weighted by molar-refractivity contribution is 0.669. The highest BCUT2D eigenvalue weighted by molar-refractivity contribution is 6.25. The molecule has 0 fully saturated rings. The summed E-state index contributed by atoms with van der Waals surface area (Å²) in [5.41, 5.74) is -3.79. The quantitative estimate of drug-likeness (QED) is 0.197. The summed E-state index contributed by atoms with van der Waals surface area (Å²) in [5.74, 6) is 0. The van der Waals surface area contributed by atoms with Gasteiger partial charge in [0.05, 0.1) is 32.9 Å². The smallest absolute Gasteiger partial charge is 0.136 e. The minimum absolute atomic E-state index is 0.366. The van der Waals surface area contributed by atoms with E-state index in [2.05, 4.69) is 0 Å². The van der Waals surface area contributed by atoms with Crippen LogP contribution >= 0.6 is 0 Å². The molecule has 0 spiro atoms. The van der Waals surface area contributed by atoms with Crippen molar-refractivity contribution >= 4 is 65.0 Å². The first-order valence-electron chi connectivity index (χ1n) is 24.2. The number of fused-ring (bicyclic) bond motifs is 8. The SMILES string of the molecule is [2H]c1c(-c2c3c([2H])c([2H])c([2H])c([2H])c3c(-c3c([2H])c([2H])c([2H])c4c([2H])c([2H])c([2H])c([2H])c34)c3c([2H])c([2H])c([2H])c([2H])c23)c([2H])c2c(oc3c([2H])c([2H])c4c([2H])c([2H])c([2H])c([2H])c4c32)c1[2H]. The number of hydrogen-bond donors (Lipinski definition) is 0. The van der Waals surface area contributed by atoms with Crippen LogP contribution in [-0.4, -0.2) is 0 Å². The average molecular weight is 545 g/mol. The van der Waals surface area contributed by atoms with E-state index >= 15 is 0 Å². The molecule has 190 valence electrons. The summed E-state index contributed by atoms with van der Waals surface area (Å²) in [6.07, 6.45) is 0. The van der Waals surface area contributed by atoms with Gasteiger partial charge in [0.15, 0.2) is 0 Å². The highest BCUT2D eigenvalue weighted by atomic mass is 16.3. The third-order valence-corrected chi connectivity index (χ3v) is 6.89. The van der Waals surface area contributed by atoms with E-state index in [9.17, 15) is 11.0 Å². The minimum Gasteiger partial charge on any atom is -0.456 e. The molecule has 0 unspecified atom stereocenters. The zero-order valence-electron chi connectivity index (χ0n) is 44.4. The van der Waals surface area contributed by atoms with Crippen LogP contribution < -0.4 is 0 Å². The largest absolute Gasteiger partial charge is 0.456 e. The van der Waals surface area contributed by atoms with Gasteiger partial charge in [-0.1, -0.05) is 127 Å². The van der Waals surface area contributed by atoms with Crippen LogP contribution in [0.25, 0.3) is 87.3 Å². The van der Waals surface area contributed by atoms with Crippen molar-refractivity contribution in [1.29, 1.82) is 0 Å². The molecule has 1 heterocycles. The van der Waals surface area contributed by atoms with E-state index in [1.165, 1.54) is 0 Å². The number of furan rings is 1. The van der Waals surface area contributed by atoms with Gasteiger partial charge in [-0.2, -0.15) is 0 Å². The van der Waals surface area contributed by atoms with E-state index in [4.69, 9.17) is 26.3 Å². The molecule has 0 bridgehead atoms. The van der Waals surface area contributed by atoms with Gasteiger partial charge in [-0.05, 0) is 83.5 Å². The lowest BCUT2D eigenvalue weighted by Crippen LogP contribution is -1.91. The van der Waals surface area contributed by atoms with Crippen LogP contribution in [0.15, 0.2) is 149 Å². The fourth-order valence-corrected chi connectivity index (χ4v) is 5.20. The lowest BCUT2D eigenvalue weighted by atomic mass is 9.84. The van der Waals surface area contributed by atoms with Crippen LogP contribution in [0.5, 0.6) is 0 Å². The molecule has 1 heteroatoms. The topological polar surface area (TPSA) is 13.1 Å². The van der Waals surface area contributed by atoms with E-state index in [1.807, 2.05) is 0 Å². The van der Waals surface area contributed by atoms with Gasteiger partial charge in [0.2, 0.25) is 0 Å². The monoisotopic (exact) mass is 544 g/mol. The molecular weight excluding hydrogens is 496 g/mol. The first-order valence-corrected chi connectivity index (χ1v) is 12.2. The molecule has 0 aliphatic heterocycles. The fraction of sp³-hybridized carbons (Fsp3) is 0. The van der Waals surface area contributed by atoms with Crippen molar-refractivity contribution < 1.29 is 37.3 Å². The Morgan fingerprint density at radius 3 is 1.63 bits per heavy atom. The van der Waals surface area contributed by atoms with Crippen LogP contribution in [0.1, 0.15) is 32.9 Å². The van der Waals surface area contributed by atoms with Crippen molar-refractivity contribution in [3.05, 3.63) is 145 Å². The molecule has 1 aromatic heterocycles. The van der Waals surface area contributed by atoms with Gasteiger partial charge in [-0.3, -0.25) is 0 Å². The van der Waals surface area contributed by atoms with Crippen LogP contribution in [0, 0.1) is 0 Å². The van der Waals surface area contributed by atoms with Crippen LogP contribution in [-0.2, 0) is 0 Å². The normalized spacial score (nSPS) is 20.1. The number of rotatable bonds is 2. The fourth-order valence-electron chi connectivity index (χ4n) is 5.20. The van der Waals surface area contributed by atoms with Gasteiger partial charge in [0.1, 0.15) is 11.2 Å². The van der Waals surface area contributed by atoms with Gasteiger partial charge < -0.3 is 4.42 Å². The Kier molecular flexibility index (Phi) is 1.94. The Bertz CT molecular complexity index is 3730. The first kappa shape index (κ1) is 9.33. The second-order valence-electron chi connectivity index (χ2n) is 9.01. The molecule has 9 aromatic rings. The van der Waals surface area contributed by atoms with Crippen LogP contribution in [0.2, 0.25) is 0 Å². The summed E-state index contributed by atoms with van der Waals surface area (Å²) >= 11 is 0. The van der Waals surface area contributed by atoms with Crippen molar-refractivity contribution in [2.45, 2.75) is 0 Å². The summed E-state index contributed by atoms with van der Waals surface area (Å²) in [5, 5.41) is -5.56. The predicted molar refractivity (Wildman–Crippen MR) is 175 cm³/mol. The van der Waals surface area contributed by atoms with E-state index in [0.29, 0.717) is 0 Å². The number of hydrogen-bond acceptors (Lipinski definition) is 1. The maximum atomic E-state index is 9.82. The first-order chi connectivity index (χ1) is 30.3. The molecule has 8 aromatic carbocycles. The number of benzene rings is 8. The lowest BCUT2D eigenvalue weighted by Gasteiger charge is -2.18. The van der Waals surface area contributed by atoms with Crippen LogP contribution in [0.4, 0.5) is 0 Å². The van der Waals surface area contributed by atoms with Gasteiger partial charge in [-0.25, -0.2) is 0 Å². The van der Waals surface area contributed by atoms with E-state index < -0.39 is 227 Å². The molecular formula is C40H24O. The summed E-state index contributed by atoms with van der Waals surface area (Å²) in [6.45, 7) is 0. The van der Waals surface area contributed by atoms with Crippen molar-refractivity contribution in [3.8, 4) is 22.3 Å². The zero-order valence-corrected chi connectivity index (χ0v) is 20.4. The van der Waals surface area contributed by atoms with Gasteiger partial charge in [-0.15, -0.1) is 0 Å². The highest BCUT2D eigenvalue weighted by Gasteiger charge is 2.19. The highest BCUT2D eigenvalue weighted by Crippen LogP contribution is 2.46. The van der Waals surface area contributed by atoms with E-state index in [0.717, 1.165) is 0 Å². The van der Waals surface area contributed by atoms with Gasteiger partial charge >= 0.3 is 0 Å². The molecule has 1 nitrogen and oxygen atoms in total. The third kappa shape index (κ3) is 3.24. The zero-order chi connectivity index (χ0) is 47.8. The summed E-state index contributed by atoms with van der Waals surface area (Å²) in [7, 11) is 0. The van der Waals surface area contributed by atoms with Gasteiger partial charge in [0.25, 0.3) is 0 Å². The standard InChI is InChI=1S/C40H24O/c1-3-13-28-25(10-1)12-9-19-30(28)39-33-17-7-5-15-31(33)38(32-16-6-8-18-34(32)39)27-21-22-36-35(24-27)40-29-14-4-2-11-26(29)20-23-37(40)41-36/h1-24H/i1D,2D,3D,4D,5D,6D,7D,8D,9D,10D,11D,12D,13D,14D,15D,16D,17D,18D,19D,20D,21D,22D,23D,24D. The maximum absolute atomic E-state index is 9.82. The second kappa shape index (κ2) is 8.55. The van der Waals surface area contributed by atoms with Crippen molar-refractivity contribution in [2.75, 3.05) is 0 Å². The second-order valence-corrected chi connectivity index (χ2v) is 9.01.